The highest BCUT2D eigenvalue weighted by Crippen LogP contribution is 2.29. The molecule has 0 atom stereocenters. The maximum atomic E-state index is 12.3. The predicted octanol–water partition coefficient (Wildman–Crippen LogP) is 2.54. The van der Waals surface area contributed by atoms with Crippen molar-refractivity contribution in [3.05, 3.63) is 35.2 Å². The van der Waals surface area contributed by atoms with Gasteiger partial charge in [-0.1, -0.05) is 7.43 Å². The first kappa shape index (κ1) is 17.7. The summed E-state index contributed by atoms with van der Waals surface area (Å²) in [7, 11) is 3.19. The van der Waals surface area contributed by atoms with Crippen LogP contribution >= 0.6 is 12.0 Å². The highest BCUT2D eigenvalue weighted by atomic mass is 32.2. The number of nitrogens with one attached hydrogen (secondary N) is 1. The Kier molecular flexibility index (Phi) is 6.10. The molecule has 0 saturated carbocycles. The van der Waals surface area contributed by atoms with Gasteiger partial charge in [-0.3, -0.25) is 10.1 Å². The number of nitrogens with zero attached hydrogens (tertiary/aromatic N) is 4. The molecule has 0 bridgehead atoms. The van der Waals surface area contributed by atoms with Gasteiger partial charge in [0, 0.05) is 24.7 Å². The molecule has 0 aliphatic rings. The number of benzene rings is 1. The molecule has 8 heteroatoms. The first-order valence-electron chi connectivity index (χ1n) is 5.98. The van der Waals surface area contributed by atoms with E-state index < -0.39 is 0 Å². The summed E-state index contributed by atoms with van der Waals surface area (Å²) >= 11 is 1.06. The maximum absolute atomic E-state index is 12.3. The van der Waals surface area contributed by atoms with Crippen molar-refractivity contribution in [3.63, 3.8) is 0 Å². The van der Waals surface area contributed by atoms with Crippen molar-refractivity contribution in [2.24, 2.45) is 7.05 Å². The molecule has 2 rings (SSSR count). The monoisotopic (exact) mass is 319 g/mol. The second kappa shape index (κ2) is 7.59. The zero-order valence-electron chi connectivity index (χ0n) is 11.7. The van der Waals surface area contributed by atoms with Gasteiger partial charge in [0.15, 0.2) is 0 Å². The van der Waals surface area contributed by atoms with Crippen molar-refractivity contribution in [1.29, 1.82) is 5.26 Å². The molecule has 0 aliphatic carbocycles. The van der Waals surface area contributed by atoms with E-state index in [1.54, 1.807) is 26.1 Å². The molecule has 0 aliphatic heterocycles. The van der Waals surface area contributed by atoms with Crippen LogP contribution in [0.25, 0.3) is 0 Å². The van der Waals surface area contributed by atoms with Crippen molar-refractivity contribution < 1.29 is 8.98 Å². The summed E-state index contributed by atoms with van der Waals surface area (Å²) in [6.45, 7) is 1.77. The van der Waals surface area contributed by atoms with E-state index in [2.05, 4.69) is 21.5 Å². The minimum atomic E-state index is -0.314. The van der Waals surface area contributed by atoms with Gasteiger partial charge in [-0.25, -0.2) is 4.68 Å². The van der Waals surface area contributed by atoms with E-state index in [9.17, 15) is 4.79 Å². The fourth-order valence-corrected chi connectivity index (χ4v) is 2.40. The zero-order valence-corrected chi connectivity index (χ0v) is 12.6. The number of rotatable bonds is 4. The van der Waals surface area contributed by atoms with Crippen LogP contribution in [0.3, 0.4) is 0 Å². The van der Waals surface area contributed by atoms with Crippen molar-refractivity contribution in [2.75, 3.05) is 12.4 Å². The van der Waals surface area contributed by atoms with Gasteiger partial charge in [-0.2, -0.15) is 15.3 Å². The molecule has 0 radical (unpaired) electrons. The number of carbonyl (C=O) groups excluding carboxylic acids is 1. The van der Waals surface area contributed by atoms with E-state index >= 15 is 0 Å². The highest BCUT2D eigenvalue weighted by Gasteiger charge is 2.17. The van der Waals surface area contributed by atoms with Gasteiger partial charge in [0.05, 0.1) is 17.6 Å². The van der Waals surface area contributed by atoms with Crippen molar-refractivity contribution in [2.45, 2.75) is 19.2 Å². The van der Waals surface area contributed by atoms with E-state index in [0.29, 0.717) is 27.5 Å². The molecule has 2 aromatic rings. The number of amides is 1. The number of hydrogen-bond acceptors (Lipinski definition) is 6. The molecule has 0 spiro atoms. The van der Waals surface area contributed by atoms with Gasteiger partial charge in [0.25, 0.3) is 5.91 Å². The molecule has 1 aromatic carbocycles. The Morgan fingerprint density at radius 2 is 2.23 bits per heavy atom. The molecular formula is C14H17N5O2S. The fourth-order valence-electron chi connectivity index (χ4n) is 1.79. The third kappa shape index (κ3) is 3.44. The summed E-state index contributed by atoms with van der Waals surface area (Å²) in [5, 5.41) is 15.7. The summed E-state index contributed by atoms with van der Waals surface area (Å²) in [6.07, 6.45) is 1.35. The lowest BCUT2D eigenvalue weighted by molar-refractivity contribution is 0.102. The van der Waals surface area contributed by atoms with E-state index in [4.69, 9.17) is 9.44 Å². The minimum absolute atomic E-state index is 0. The highest BCUT2D eigenvalue weighted by molar-refractivity contribution is 7.94. The van der Waals surface area contributed by atoms with Crippen LogP contribution in [0.1, 0.15) is 28.9 Å². The quantitative estimate of drug-likeness (QED) is 0.871. The van der Waals surface area contributed by atoms with Crippen LogP contribution in [-0.4, -0.2) is 27.8 Å². The summed E-state index contributed by atoms with van der Waals surface area (Å²) in [4.78, 5) is 16.9. The average Bonchev–Trinajstić information content (AvgIpc) is 2.86. The summed E-state index contributed by atoms with van der Waals surface area (Å²) < 4.78 is 6.48. The molecule has 1 heterocycles. The van der Waals surface area contributed by atoms with Gasteiger partial charge < -0.3 is 4.18 Å². The second-order valence-electron chi connectivity index (χ2n) is 4.14. The SMILES string of the molecule is C.COSc1c(C#N)ccc(C(=O)Nc2ncnn2C)c1C. The Morgan fingerprint density at radius 1 is 1.50 bits per heavy atom. The normalized spacial score (nSPS) is 9.73. The van der Waals surface area contributed by atoms with Crippen LogP contribution in [0, 0.1) is 18.3 Å². The lowest BCUT2D eigenvalue weighted by atomic mass is 10.0. The lowest BCUT2D eigenvalue weighted by Gasteiger charge is -2.11. The molecule has 116 valence electrons. The Morgan fingerprint density at radius 3 is 2.77 bits per heavy atom. The van der Waals surface area contributed by atoms with Gasteiger partial charge in [-0.15, -0.1) is 0 Å². The van der Waals surface area contributed by atoms with Crippen LogP contribution in [0.4, 0.5) is 5.95 Å². The van der Waals surface area contributed by atoms with E-state index in [1.165, 1.54) is 18.1 Å². The molecule has 0 unspecified atom stereocenters. The second-order valence-corrected chi connectivity index (χ2v) is 5.05. The standard InChI is InChI=1S/C13H13N5O2S.CH4/c1-8-10(5-4-9(6-14)11(8)21-20-3)12(19)17-13-15-7-16-18(13)2;/h4-5,7H,1-3H3,(H,15,16,17,19);1H4. The smallest absolute Gasteiger partial charge is 0.258 e. The number of nitriles is 1. The molecule has 0 saturated heterocycles. The topological polar surface area (TPSA) is 92.8 Å². The molecule has 0 fully saturated rings. The van der Waals surface area contributed by atoms with Crippen molar-refractivity contribution in [1.82, 2.24) is 14.8 Å². The first-order valence-corrected chi connectivity index (χ1v) is 6.72. The largest absolute Gasteiger partial charge is 0.314 e. The van der Waals surface area contributed by atoms with Gasteiger partial charge in [-0.05, 0) is 24.6 Å². The average molecular weight is 319 g/mol. The number of hydrogen-bond donors (Lipinski definition) is 1. The lowest BCUT2D eigenvalue weighted by Crippen LogP contribution is -2.17. The fraction of sp³-hybridized carbons (Fsp3) is 0.286. The number of anilines is 1. The predicted molar refractivity (Wildman–Crippen MR) is 84.4 cm³/mol. The molecule has 1 amide bonds. The summed E-state index contributed by atoms with van der Waals surface area (Å²) in [6, 6.07) is 5.29. The van der Waals surface area contributed by atoms with Crippen LogP contribution in [-0.2, 0) is 11.2 Å². The van der Waals surface area contributed by atoms with Gasteiger partial charge in [0.1, 0.15) is 12.4 Å². The van der Waals surface area contributed by atoms with E-state index in [-0.39, 0.29) is 13.3 Å². The number of aryl methyl sites for hydroxylation is 1. The Balaban J connectivity index is 0.00000242. The maximum Gasteiger partial charge on any atom is 0.258 e. The Hall–Kier alpha value is -2.37. The molecule has 7 nitrogen and oxygen atoms in total. The first-order chi connectivity index (χ1) is 10.1. The summed E-state index contributed by atoms with van der Waals surface area (Å²) in [5.41, 5.74) is 1.60. The molecular weight excluding hydrogens is 302 g/mol. The van der Waals surface area contributed by atoms with Crippen molar-refractivity contribution in [3.8, 4) is 6.07 Å². The van der Waals surface area contributed by atoms with E-state index in [1.807, 2.05) is 0 Å². The van der Waals surface area contributed by atoms with Crippen LogP contribution in [0.5, 0.6) is 0 Å². The third-order valence-corrected chi connectivity index (χ3v) is 3.73. The molecule has 1 aromatic heterocycles. The number of aromatic nitrogens is 3. The van der Waals surface area contributed by atoms with Gasteiger partial charge >= 0.3 is 0 Å². The van der Waals surface area contributed by atoms with Gasteiger partial charge in [0.2, 0.25) is 5.95 Å². The molecule has 1 N–H and O–H groups in total. The summed E-state index contributed by atoms with van der Waals surface area (Å²) in [5.74, 6) is 0.0377. The Labute approximate surface area is 133 Å². The Bertz CT molecular complexity index is 721. The number of carbonyl (C=O) groups is 1. The van der Waals surface area contributed by atoms with Crippen molar-refractivity contribution >= 4 is 23.9 Å². The van der Waals surface area contributed by atoms with Crippen LogP contribution in [0.2, 0.25) is 0 Å². The van der Waals surface area contributed by atoms with Crippen LogP contribution < -0.4 is 5.32 Å². The minimum Gasteiger partial charge on any atom is -0.314 e. The van der Waals surface area contributed by atoms with Crippen LogP contribution in [0.15, 0.2) is 23.4 Å². The zero-order chi connectivity index (χ0) is 15.4. The van der Waals surface area contributed by atoms with E-state index in [0.717, 1.165) is 12.0 Å². The third-order valence-electron chi connectivity index (χ3n) is 2.87. The molecule has 22 heavy (non-hydrogen) atoms.